The van der Waals surface area contributed by atoms with Crippen LogP contribution in [0.2, 0.25) is 0 Å². The Morgan fingerprint density at radius 1 is 1.00 bits per heavy atom. The van der Waals surface area contributed by atoms with Gasteiger partial charge in [-0.15, -0.1) is 0 Å². The molecule has 82 valence electrons. The first kappa shape index (κ1) is 13.8. The molecule has 0 spiro atoms. The third-order valence-electron chi connectivity index (χ3n) is 2.21. The number of para-hydroxylation sites is 2. The summed E-state index contributed by atoms with van der Waals surface area (Å²) >= 11 is 0. The molecule has 0 aromatic heterocycles. The van der Waals surface area contributed by atoms with Gasteiger partial charge in [-0.1, -0.05) is 30.3 Å². The van der Waals surface area contributed by atoms with Gasteiger partial charge in [-0.05, 0) is 24.3 Å². The second-order valence-corrected chi connectivity index (χ2v) is 3.34. The molecule has 0 unspecified atom stereocenters. The number of hydrogen-bond donors (Lipinski definition) is 2. The number of hydrogen-bond acceptors (Lipinski definition) is 2. The largest absolute Gasteiger partial charge is 1.00 e. The SMILES string of the molecule is O=C(O)c1ccccc1Nc1ccccc1.[H-].[Na+]. The Balaban J connectivity index is 0.00000144. The molecule has 0 radical (unpaired) electrons. The molecule has 0 atom stereocenters. The summed E-state index contributed by atoms with van der Waals surface area (Å²) in [6, 6.07) is 16.3. The van der Waals surface area contributed by atoms with Crippen LogP contribution in [-0.4, -0.2) is 11.1 Å². The molecule has 17 heavy (non-hydrogen) atoms. The van der Waals surface area contributed by atoms with Gasteiger partial charge < -0.3 is 11.8 Å². The Bertz CT molecular complexity index is 505. The number of benzene rings is 2. The quantitative estimate of drug-likeness (QED) is 0.752. The van der Waals surface area contributed by atoms with Gasteiger partial charge in [0.15, 0.2) is 0 Å². The van der Waals surface area contributed by atoms with Crippen LogP contribution in [0.1, 0.15) is 11.8 Å². The molecule has 2 N–H and O–H groups in total. The topological polar surface area (TPSA) is 49.3 Å². The van der Waals surface area contributed by atoms with E-state index in [-0.39, 0.29) is 36.5 Å². The van der Waals surface area contributed by atoms with Crippen molar-refractivity contribution in [3.63, 3.8) is 0 Å². The van der Waals surface area contributed by atoms with Crippen molar-refractivity contribution < 1.29 is 40.9 Å². The first-order chi connectivity index (χ1) is 7.77. The van der Waals surface area contributed by atoms with Crippen molar-refractivity contribution in [1.82, 2.24) is 0 Å². The minimum atomic E-state index is -0.931. The average molecular weight is 237 g/mol. The third-order valence-corrected chi connectivity index (χ3v) is 2.21. The Morgan fingerprint density at radius 2 is 1.59 bits per heavy atom. The number of carboxylic acids is 1. The Labute approximate surface area is 123 Å². The summed E-state index contributed by atoms with van der Waals surface area (Å²) in [6.45, 7) is 0. The van der Waals surface area contributed by atoms with Crippen LogP contribution in [0.15, 0.2) is 54.6 Å². The van der Waals surface area contributed by atoms with Gasteiger partial charge in [0.1, 0.15) is 0 Å². The minimum Gasteiger partial charge on any atom is -1.00 e. The molecule has 0 aliphatic rings. The standard InChI is InChI=1S/C13H11NO2.Na.H/c15-13(16)11-8-4-5-9-12(11)14-10-6-2-1-3-7-10;;/h1-9,14H,(H,15,16);;/q;+1;-1. The van der Waals surface area contributed by atoms with E-state index >= 15 is 0 Å². The number of rotatable bonds is 3. The predicted octanol–water partition coefficient (Wildman–Crippen LogP) is 0.245. The van der Waals surface area contributed by atoms with Crippen LogP contribution in [0.3, 0.4) is 0 Å². The van der Waals surface area contributed by atoms with E-state index in [1.807, 2.05) is 30.3 Å². The third kappa shape index (κ3) is 3.60. The Hall–Kier alpha value is -1.29. The number of nitrogens with one attached hydrogen (secondary N) is 1. The molecular formula is C13H12NNaO2. The van der Waals surface area contributed by atoms with E-state index in [0.29, 0.717) is 5.69 Å². The molecule has 2 aromatic rings. The van der Waals surface area contributed by atoms with E-state index in [9.17, 15) is 4.79 Å². The zero-order chi connectivity index (χ0) is 11.4. The van der Waals surface area contributed by atoms with Crippen molar-refractivity contribution in [1.29, 1.82) is 0 Å². The van der Waals surface area contributed by atoms with Gasteiger partial charge in [0, 0.05) is 5.69 Å². The summed E-state index contributed by atoms with van der Waals surface area (Å²) < 4.78 is 0. The molecule has 0 aliphatic heterocycles. The van der Waals surface area contributed by atoms with Crippen LogP contribution in [0.4, 0.5) is 11.4 Å². The second kappa shape index (κ2) is 6.45. The van der Waals surface area contributed by atoms with Crippen LogP contribution in [0.5, 0.6) is 0 Å². The molecule has 0 aliphatic carbocycles. The fourth-order valence-corrected chi connectivity index (χ4v) is 1.46. The fraction of sp³-hybridized carbons (Fsp3) is 0. The van der Waals surface area contributed by atoms with E-state index in [0.717, 1.165) is 5.69 Å². The predicted molar refractivity (Wildman–Crippen MR) is 64.2 cm³/mol. The maximum atomic E-state index is 11.0. The van der Waals surface area contributed by atoms with Gasteiger partial charge in [0.2, 0.25) is 0 Å². The summed E-state index contributed by atoms with van der Waals surface area (Å²) in [5, 5.41) is 12.1. The van der Waals surface area contributed by atoms with Gasteiger partial charge in [-0.2, -0.15) is 0 Å². The smallest absolute Gasteiger partial charge is 1.00 e. The first-order valence-electron chi connectivity index (χ1n) is 4.92. The summed E-state index contributed by atoms with van der Waals surface area (Å²) in [7, 11) is 0. The van der Waals surface area contributed by atoms with Crippen molar-refractivity contribution in [3.05, 3.63) is 60.2 Å². The number of carbonyl (C=O) groups is 1. The molecule has 3 nitrogen and oxygen atoms in total. The molecule has 0 fully saturated rings. The van der Waals surface area contributed by atoms with Crippen molar-refractivity contribution >= 4 is 17.3 Å². The maximum absolute atomic E-state index is 11.0. The zero-order valence-corrected chi connectivity index (χ0v) is 11.6. The van der Waals surface area contributed by atoms with Gasteiger partial charge >= 0.3 is 35.5 Å². The van der Waals surface area contributed by atoms with E-state index in [2.05, 4.69) is 5.32 Å². The van der Waals surface area contributed by atoms with Gasteiger partial charge in [-0.25, -0.2) is 4.79 Å². The summed E-state index contributed by atoms with van der Waals surface area (Å²) in [5.41, 5.74) is 1.74. The van der Waals surface area contributed by atoms with E-state index < -0.39 is 5.97 Å². The molecule has 2 rings (SSSR count). The van der Waals surface area contributed by atoms with Crippen molar-refractivity contribution in [2.45, 2.75) is 0 Å². The van der Waals surface area contributed by atoms with Crippen LogP contribution in [0, 0.1) is 0 Å². The van der Waals surface area contributed by atoms with Crippen molar-refractivity contribution in [3.8, 4) is 0 Å². The number of aromatic carboxylic acids is 1. The number of anilines is 2. The maximum Gasteiger partial charge on any atom is 1.00 e. The normalized spacial score (nSPS) is 9.18. The Kier molecular flexibility index (Phi) is 5.22. The van der Waals surface area contributed by atoms with E-state index in [1.54, 1.807) is 24.3 Å². The monoisotopic (exact) mass is 237 g/mol. The molecule has 0 amide bonds. The molecule has 4 heteroatoms. The second-order valence-electron chi connectivity index (χ2n) is 3.34. The molecule has 0 bridgehead atoms. The minimum absolute atomic E-state index is 0. The molecule has 0 saturated heterocycles. The number of carboxylic acid groups (broad SMARTS) is 1. The summed E-state index contributed by atoms with van der Waals surface area (Å²) in [6.07, 6.45) is 0. The molecule has 0 heterocycles. The molecule has 2 aromatic carbocycles. The fourth-order valence-electron chi connectivity index (χ4n) is 1.46. The zero-order valence-electron chi connectivity index (χ0n) is 10.6. The first-order valence-corrected chi connectivity index (χ1v) is 4.92. The summed E-state index contributed by atoms with van der Waals surface area (Å²) in [5.74, 6) is -0.931. The van der Waals surface area contributed by atoms with Crippen molar-refractivity contribution in [2.75, 3.05) is 5.32 Å². The van der Waals surface area contributed by atoms with Gasteiger partial charge in [0.25, 0.3) is 0 Å². The van der Waals surface area contributed by atoms with Crippen LogP contribution >= 0.6 is 0 Å². The Morgan fingerprint density at radius 3 is 2.24 bits per heavy atom. The average Bonchev–Trinajstić information content (AvgIpc) is 2.31. The van der Waals surface area contributed by atoms with Gasteiger partial charge in [0.05, 0.1) is 11.3 Å². The van der Waals surface area contributed by atoms with E-state index in [1.165, 1.54) is 0 Å². The molecule has 0 saturated carbocycles. The molecular weight excluding hydrogens is 225 g/mol. The van der Waals surface area contributed by atoms with Crippen LogP contribution < -0.4 is 34.9 Å². The summed E-state index contributed by atoms with van der Waals surface area (Å²) in [4.78, 5) is 11.0. The van der Waals surface area contributed by atoms with Gasteiger partial charge in [-0.3, -0.25) is 0 Å². The van der Waals surface area contributed by atoms with Crippen molar-refractivity contribution in [2.24, 2.45) is 0 Å². The van der Waals surface area contributed by atoms with Crippen LogP contribution in [-0.2, 0) is 0 Å². The van der Waals surface area contributed by atoms with E-state index in [4.69, 9.17) is 5.11 Å². The van der Waals surface area contributed by atoms with Crippen LogP contribution in [0.25, 0.3) is 0 Å².